The van der Waals surface area contributed by atoms with Crippen LogP contribution >= 0.6 is 0 Å². The molecule has 2 aliphatic heterocycles. The van der Waals surface area contributed by atoms with Gasteiger partial charge in [0.2, 0.25) is 0 Å². The largest absolute Gasteiger partial charge is 0.497 e. The summed E-state index contributed by atoms with van der Waals surface area (Å²) in [5.41, 5.74) is 2.64. The van der Waals surface area contributed by atoms with Gasteiger partial charge in [0.05, 0.1) is 18.3 Å². The van der Waals surface area contributed by atoms with Crippen molar-refractivity contribution < 1.29 is 19.8 Å². The minimum absolute atomic E-state index is 0.0937. The van der Waals surface area contributed by atoms with Crippen molar-refractivity contribution in [3.63, 3.8) is 0 Å². The van der Waals surface area contributed by atoms with Gasteiger partial charge < -0.3 is 4.74 Å². The molecule has 0 bridgehead atoms. The van der Waals surface area contributed by atoms with Crippen LogP contribution in [0.2, 0.25) is 0 Å². The molecular weight excluding hydrogens is 256 g/mol. The molecule has 2 aliphatic rings. The molecule has 2 aromatic rings. The minimum Gasteiger partial charge on any atom is -0.497 e. The van der Waals surface area contributed by atoms with E-state index in [-0.39, 0.29) is 17.0 Å². The summed E-state index contributed by atoms with van der Waals surface area (Å²) >= 11 is 0. The summed E-state index contributed by atoms with van der Waals surface area (Å²) in [6.07, 6.45) is 6.81. The Morgan fingerprint density at radius 3 is 3.00 bits per heavy atom. The number of allylic oxidation sites excluding steroid dienone is 1. The number of ether oxygens (including phenoxy) is 1. The molecule has 0 saturated carbocycles. The molecule has 100 valence electrons. The van der Waals surface area contributed by atoms with Gasteiger partial charge in [0.1, 0.15) is 11.9 Å². The number of quaternary nitrogens is 1. The zero-order valence-electron chi connectivity index (χ0n) is 10.8. The van der Waals surface area contributed by atoms with E-state index in [2.05, 4.69) is 0 Å². The highest BCUT2D eigenvalue weighted by Gasteiger charge is 2.35. The SMILES string of the molecule is COc1ccc2c3c4n(c2c1)C(=O)C=CC4[NH+](O)C=C3. The highest BCUT2D eigenvalue weighted by Crippen LogP contribution is 2.36. The van der Waals surface area contributed by atoms with Crippen molar-refractivity contribution in [3.8, 4) is 5.75 Å². The van der Waals surface area contributed by atoms with Crippen molar-refractivity contribution in [1.82, 2.24) is 4.57 Å². The average molecular weight is 269 g/mol. The number of benzene rings is 1. The molecule has 0 aliphatic carbocycles. The quantitative estimate of drug-likeness (QED) is 0.817. The lowest BCUT2D eigenvalue weighted by Crippen LogP contribution is -3.05. The molecule has 0 saturated heterocycles. The fraction of sp³-hybridized carbons (Fsp3) is 0.133. The number of hydrogen-bond donors (Lipinski definition) is 2. The van der Waals surface area contributed by atoms with Crippen molar-refractivity contribution in [2.45, 2.75) is 6.04 Å². The number of aromatic nitrogens is 1. The lowest BCUT2D eigenvalue weighted by molar-refractivity contribution is -1.07. The number of rotatable bonds is 1. The lowest BCUT2D eigenvalue weighted by Gasteiger charge is -2.23. The molecule has 0 amide bonds. The van der Waals surface area contributed by atoms with Crippen LogP contribution in [0.5, 0.6) is 5.75 Å². The topological polar surface area (TPSA) is 55.9 Å². The van der Waals surface area contributed by atoms with E-state index in [9.17, 15) is 10.0 Å². The van der Waals surface area contributed by atoms with Crippen LogP contribution in [0.4, 0.5) is 0 Å². The van der Waals surface area contributed by atoms with Gasteiger partial charge >= 0.3 is 0 Å². The van der Waals surface area contributed by atoms with Crippen molar-refractivity contribution >= 4 is 22.9 Å². The van der Waals surface area contributed by atoms with E-state index in [4.69, 9.17) is 4.74 Å². The number of hydroxylamine groups is 2. The molecule has 5 nitrogen and oxygen atoms in total. The number of hydrogen-bond acceptors (Lipinski definition) is 3. The van der Waals surface area contributed by atoms with E-state index in [1.807, 2.05) is 24.3 Å². The summed E-state index contributed by atoms with van der Waals surface area (Å²) < 4.78 is 6.90. The zero-order valence-corrected chi connectivity index (χ0v) is 10.8. The maximum absolute atomic E-state index is 12.2. The second-order valence-electron chi connectivity index (χ2n) is 4.95. The van der Waals surface area contributed by atoms with Crippen molar-refractivity contribution in [1.29, 1.82) is 0 Å². The first-order valence-electron chi connectivity index (χ1n) is 6.39. The Balaban J connectivity index is 2.14. The van der Waals surface area contributed by atoms with Gasteiger partial charge in [-0.1, -0.05) is 0 Å². The van der Waals surface area contributed by atoms with Gasteiger partial charge in [0, 0.05) is 29.2 Å². The third-order valence-corrected chi connectivity index (χ3v) is 3.94. The molecule has 3 heterocycles. The first kappa shape index (κ1) is 11.5. The first-order valence-corrected chi connectivity index (χ1v) is 6.39. The smallest absolute Gasteiger partial charge is 0.255 e. The van der Waals surface area contributed by atoms with Crippen LogP contribution in [-0.2, 0) is 0 Å². The fourth-order valence-electron chi connectivity index (χ4n) is 3.01. The summed E-state index contributed by atoms with van der Waals surface area (Å²) in [6, 6.07) is 5.44. The number of methoxy groups -OCH3 is 1. The monoisotopic (exact) mass is 269 g/mol. The fourth-order valence-corrected chi connectivity index (χ4v) is 3.01. The summed E-state index contributed by atoms with van der Waals surface area (Å²) in [7, 11) is 1.60. The lowest BCUT2D eigenvalue weighted by atomic mass is 10.0. The Bertz CT molecular complexity index is 801. The van der Waals surface area contributed by atoms with Crippen molar-refractivity contribution in [3.05, 3.63) is 47.8 Å². The van der Waals surface area contributed by atoms with E-state index in [0.29, 0.717) is 5.75 Å². The molecule has 20 heavy (non-hydrogen) atoms. The Morgan fingerprint density at radius 2 is 2.20 bits per heavy atom. The van der Waals surface area contributed by atoms with Crippen LogP contribution in [0, 0.1) is 0 Å². The van der Waals surface area contributed by atoms with Crippen LogP contribution < -0.4 is 9.80 Å². The molecule has 2 atom stereocenters. The average Bonchev–Trinajstić information content (AvgIpc) is 2.80. The zero-order chi connectivity index (χ0) is 13.9. The molecule has 2 unspecified atom stereocenters. The van der Waals surface area contributed by atoms with Crippen LogP contribution in [0.3, 0.4) is 0 Å². The summed E-state index contributed by atoms with van der Waals surface area (Å²) in [4.78, 5) is 12.2. The second-order valence-corrected chi connectivity index (χ2v) is 4.95. The molecule has 2 N–H and O–H groups in total. The second kappa shape index (κ2) is 3.82. The summed E-state index contributed by atoms with van der Waals surface area (Å²) in [5, 5.41) is 11.3. The maximum Gasteiger partial charge on any atom is 0.255 e. The Labute approximate surface area is 114 Å². The Hall–Kier alpha value is -2.37. The van der Waals surface area contributed by atoms with E-state index < -0.39 is 0 Å². The Morgan fingerprint density at radius 1 is 1.35 bits per heavy atom. The maximum atomic E-state index is 12.2. The Kier molecular flexibility index (Phi) is 2.19. The number of carbonyl (C=O) groups excluding carboxylic acids is 1. The van der Waals surface area contributed by atoms with Gasteiger partial charge in [-0.2, -0.15) is 5.06 Å². The normalized spacial score (nSPS) is 23.2. The van der Waals surface area contributed by atoms with E-state index in [0.717, 1.165) is 22.2 Å². The highest BCUT2D eigenvalue weighted by atomic mass is 16.5. The van der Waals surface area contributed by atoms with Crippen LogP contribution in [0.1, 0.15) is 22.1 Å². The van der Waals surface area contributed by atoms with Gasteiger partial charge in [-0.3, -0.25) is 9.36 Å². The first-order chi connectivity index (χ1) is 9.70. The summed E-state index contributed by atoms with van der Waals surface area (Å²) in [6.45, 7) is 0. The van der Waals surface area contributed by atoms with E-state index in [1.54, 1.807) is 24.0 Å². The van der Waals surface area contributed by atoms with Crippen LogP contribution in [0.15, 0.2) is 36.6 Å². The third-order valence-electron chi connectivity index (χ3n) is 3.94. The molecule has 0 spiro atoms. The van der Waals surface area contributed by atoms with Crippen molar-refractivity contribution in [2.75, 3.05) is 7.11 Å². The predicted molar refractivity (Wildman–Crippen MR) is 72.8 cm³/mol. The number of nitrogens with one attached hydrogen (secondary N) is 1. The van der Waals surface area contributed by atoms with Gasteiger partial charge in [-0.05, 0) is 18.2 Å². The molecular formula is C15H13N2O3+. The molecule has 5 heteroatoms. The minimum atomic E-state index is -0.244. The van der Waals surface area contributed by atoms with E-state index >= 15 is 0 Å². The third kappa shape index (κ3) is 1.31. The van der Waals surface area contributed by atoms with Crippen LogP contribution in [0.25, 0.3) is 17.0 Å². The predicted octanol–water partition coefficient (Wildman–Crippen LogP) is 1.16. The number of carbonyl (C=O) groups is 1. The van der Waals surface area contributed by atoms with Crippen LogP contribution in [-0.4, -0.2) is 22.8 Å². The molecule has 0 radical (unpaired) electrons. The molecule has 4 rings (SSSR count). The van der Waals surface area contributed by atoms with Gasteiger partial charge in [-0.25, -0.2) is 5.21 Å². The highest BCUT2D eigenvalue weighted by molar-refractivity contribution is 6.04. The van der Waals surface area contributed by atoms with E-state index in [1.165, 1.54) is 6.08 Å². The number of fused-ring (bicyclic) bond motifs is 3. The standard InChI is InChI=1S/C15H12N2O3/c1-20-9-2-3-10-11-6-7-16(19)12-4-5-14(18)17(15(11)12)13(10)8-9/h2-8,12,19H,1H3/p+1. The molecule has 0 fully saturated rings. The van der Waals surface area contributed by atoms with Gasteiger partial charge in [-0.15, -0.1) is 0 Å². The summed E-state index contributed by atoms with van der Waals surface area (Å²) in [5.74, 6) is 0.614. The van der Waals surface area contributed by atoms with Gasteiger partial charge in [0.25, 0.3) is 5.91 Å². The number of nitrogens with zero attached hydrogens (tertiary/aromatic N) is 1. The van der Waals surface area contributed by atoms with Crippen molar-refractivity contribution in [2.24, 2.45) is 0 Å². The van der Waals surface area contributed by atoms with Gasteiger partial charge in [0.15, 0.2) is 6.04 Å². The molecule has 1 aromatic carbocycles. The molecule has 1 aromatic heterocycles.